The summed E-state index contributed by atoms with van der Waals surface area (Å²) in [5.74, 6) is 0. The number of allylic oxidation sites excluding steroid dienone is 2. The maximum atomic E-state index is 9.06. The fourth-order valence-corrected chi connectivity index (χ4v) is 1.32. The summed E-state index contributed by atoms with van der Waals surface area (Å²) >= 11 is 11.5. The van der Waals surface area contributed by atoms with Crippen LogP contribution in [0.2, 0.25) is 0 Å². The van der Waals surface area contributed by atoms with Gasteiger partial charge < -0.3 is 5.11 Å². The van der Waals surface area contributed by atoms with E-state index >= 15 is 0 Å². The molecule has 2 unspecified atom stereocenters. The van der Waals surface area contributed by atoms with Crippen LogP contribution in [0.3, 0.4) is 0 Å². The number of halogens is 2. The summed E-state index contributed by atoms with van der Waals surface area (Å²) in [6.45, 7) is 1.80. The smallest absolute Gasteiger partial charge is 0.107 e. The van der Waals surface area contributed by atoms with Crippen LogP contribution in [0.15, 0.2) is 23.3 Å². The van der Waals surface area contributed by atoms with E-state index < -0.39 is 11.0 Å². The third-order valence-corrected chi connectivity index (χ3v) is 1.87. The highest BCUT2D eigenvalue weighted by atomic mass is 35.5. The number of hydrogen-bond donors (Lipinski definition) is 1. The minimum absolute atomic E-state index is 0.389. The van der Waals surface area contributed by atoms with Gasteiger partial charge in [-0.25, -0.2) is 0 Å². The van der Waals surface area contributed by atoms with Crippen LogP contribution < -0.4 is 0 Å². The van der Waals surface area contributed by atoms with Crippen LogP contribution in [-0.4, -0.2) is 16.1 Å². The van der Waals surface area contributed by atoms with E-state index in [1.165, 1.54) is 0 Å². The Morgan fingerprint density at radius 2 is 2.30 bits per heavy atom. The Kier molecular flexibility index (Phi) is 2.09. The Morgan fingerprint density at radius 1 is 1.70 bits per heavy atom. The zero-order valence-corrected chi connectivity index (χ0v) is 7.02. The highest BCUT2D eigenvalue weighted by Crippen LogP contribution is 2.27. The lowest BCUT2D eigenvalue weighted by molar-refractivity contribution is 0.264. The van der Waals surface area contributed by atoms with Crippen molar-refractivity contribution in [2.24, 2.45) is 0 Å². The molecule has 0 bridgehead atoms. The summed E-state index contributed by atoms with van der Waals surface area (Å²) in [5.41, 5.74) is 0. The van der Waals surface area contributed by atoms with Crippen molar-refractivity contribution < 1.29 is 5.11 Å². The molecular weight excluding hydrogens is 171 g/mol. The number of aliphatic hydroxyl groups is 1. The molecular formula is C7H8Cl2O. The first kappa shape index (κ1) is 8.12. The standard InChI is InChI=1S/C7H8Cl2O/c1-7(9)3-2-6(10)5(8)4-7/h2-4,6,10H,1H3. The van der Waals surface area contributed by atoms with Crippen LogP contribution in [0.5, 0.6) is 0 Å². The van der Waals surface area contributed by atoms with E-state index in [1.54, 1.807) is 25.2 Å². The molecule has 1 N–H and O–H groups in total. The van der Waals surface area contributed by atoms with Gasteiger partial charge in [0.15, 0.2) is 0 Å². The molecule has 1 aliphatic carbocycles. The molecule has 0 aromatic rings. The molecule has 0 spiro atoms. The lowest BCUT2D eigenvalue weighted by Crippen LogP contribution is -2.18. The summed E-state index contributed by atoms with van der Waals surface area (Å²) < 4.78 is 0. The van der Waals surface area contributed by atoms with Gasteiger partial charge in [-0.3, -0.25) is 0 Å². The monoisotopic (exact) mass is 178 g/mol. The number of rotatable bonds is 0. The lowest BCUT2D eigenvalue weighted by atomic mass is 10.0. The second kappa shape index (κ2) is 2.57. The van der Waals surface area contributed by atoms with E-state index in [0.29, 0.717) is 5.03 Å². The van der Waals surface area contributed by atoms with E-state index in [0.717, 1.165) is 0 Å². The Bertz CT molecular complexity index is 194. The van der Waals surface area contributed by atoms with Crippen LogP contribution in [-0.2, 0) is 0 Å². The van der Waals surface area contributed by atoms with Crippen LogP contribution in [0.25, 0.3) is 0 Å². The predicted molar refractivity (Wildman–Crippen MR) is 43.3 cm³/mol. The van der Waals surface area contributed by atoms with Gasteiger partial charge in [0.2, 0.25) is 0 Å². The van der Waals surface area contributed by atoms with E-state index in [9.17, 15) is 0 Å². The second-order valence-electron chi connectivity index (χ2n) is 2.48. The maximum absolute atomic E-state index is 9.06. The van der Waals surface area contributed by atoms with E-state index in [4.69, 9.17) is 28.3 Å². The van der Waals surface area contributed by atoms with Gasteiger partial charge >= 0.3 is 0 Å². The fraction of sp³-hybridized carbons (Fsp3) is 0.429. The Labute approximate surface area is 69.9 Å². The van der Waals surface area contributed by atoms with E-state index in [-0.39, 0.29) is 0 Å². The third kappa shape index (κ3) is 1.75. The van der Waals surface area contributed by atoms with E-state index in [1.807, 2.05) is 0 Å². The maximum Gasteiger partial charge on any atom is 0.107 e. The molecule has 2 atom stereocenters. The molecule has 0 radical (unpaired) electrons. The van der Waals surface area contributed by atoms with Gasteiger partial charge in [-0.15, -0.1) is 11.6 Å². The number of alkyl halides is 1. The lowest BCUT2D eigenvalue weighted by Gasteiger charge is -2.19. The molecule has 0 heterocycles. The summed E-state index contributed by atoms with van der Waals surface area (Å²) in [5, 5.41) is 9.45. The molecule has 3 heteroatoms. The van der Waals surface area contributed by atoms with Gasteiger partial charge in [0.1, 0.15) is 6.10 Å². The predicted octanol–water partition coefficient (Wildman–Crippen LogP) is 2.04. The van der Waals surface area contributed by atoms with Crippen LogP contribution in [0.4, 0.5) is 0 Å². The molecule has 0 saturated heterocycles. The van der Waals surface area contributed by atoms with Gasteiger partial charge in [0, 0.05) is 5.03 Å². The molecule has 56 valence electrons. The molecule has 0 aromatic carbocycles. The van der Waals surface area contributed by atoms with Gasteiger partial charge in [-0.05, 0) is 13.0 Å². The largest absolute Gasteiger partial charge is 0.383 e. The Balaban J connectivity index is 2.85. The first-order valence-electron chi connectivity index (χ1n) is 2.96. The minimum atomic E-state index is -0.673. The molecule has 10 heavy (non-hydrogen) atoms. The van der Waals surface area contributed by atoms with Crippen molar-refractivity contribution in [3.05, 3.63) is 23.3 Å². The van der Waals surface area contributed by atoms with Gasteiger partial charge in [-0.2, -0.15) is 0 Å². The average molecular weight is 179 g/mol. The summed E-state index contributed by atoms with van der Waals surface area (Å²) in [7, 11) is 0. The second-order valence-corrected chi connectivity index (χ2v) is 3.74. The topological polar surface area (TPSA) is 20.2 Å². The molecule has 1 rings (SSSR count). The first-order valence-corrected chi connectivity index (χ1v) is 3.71. The van der Waals surface area contributed by atoms with Crippen molar-refractivity contribution in [3.63, 3.8) is 0 Å². The molecule has 0 saturated carbocycles. The fourth-order valence-electron chi connectivity index (χ4n) is 0.774. The van der Waals surface area contributed by atoms with E-state index in [2.05, 4.69) is 0 Å². The van der Waals surface area contributed by atoms with Gasteiger partial charge in [-0.1, -0.05) is 23.8 Å². The molecule has 0 aromatic heterocycles. The highest BCUT2D eigenvalue weighted by Gasteiger charge is 2.21. The zero-order chi connectivity index (χ0) is 7.78. The summed E-state index contributed by atoms with van der Waals surface area (Å²) in [6, 6.07) is 0. The van der Waals surface area contributed by atoms with Crippen LogP contribution in [0, 0.1) is 0 Å². The quantitative estimate of drug-likeness (QED) is 0.445. The average Bonchev–Trinajstić information content (AvgIpc) is 1.79. The Hall–Kier alpha value is 0.0200. The summed E-state index contributed by atoms with van der Waals surface area (Å²) in [4.78, 5) is -0.531. The molecule has 0 fully saturated rings. The summed E-state index contributed by atoms with van der Waals surface area (Å²) in [6.07, 6.45) is 4.25. The van der Waals surface area contributed by atoms with Gasteiger partial charge in [0.25, 0.3) is 0 Å². The van der Waals surface area contributed by atoms with Crippen molar-refractivity contribution in [1.29, 1.82) is 0 Å². The molecule has 0 amide bonds. The zero-order valence-electron chi connectivity index (χ0n) is 5.51. The van der Waals surface area contributed by atoms with Crippen LogP contribution in [0.1, 0.15) is 6.92 Å². The highest BCUT2D eigenvalue weighted by molar-refractivity contribution is 6.33. The van der Waals surface area contributed by atoms with Crippen LogP contribution >= 0.6 is 23.2 Å². The molecule has 0 aliphatic heterocycles. The van der Waals surface area contributed by atoms with Crippen molar-refractivity contribution in [2.75, 3.05) is 0 Å². The SMILES string of the molecule is CC1(Cl)C=CC(O)C(Cl)=C1. The molecule has 1 nitrogen and oxygen atoms in total. The van der Waals surface area contributed by atoms with Crippen molar-refractivity contribution in [3.8, 4) is 0 Å². The minimum Gasteiger partial charge on any atom is -0.383 e. The number of aliphatic hydroxyl groups excluding tert-OH is 1. The first-order chi connectivity index (χ1) is 4.51. The molecule has 1 aliphatic rings. The van der Waals surface area contributed by atoms with Crippen molar-refractivity contribution in [1.82, 2.24) is 0 Å². The Morgan fingerprint density at radius 3 is 2.70 bits per heavy atom. The third-order valence-electron chi connectivity index (χ3n) is 1.31. The number of hydrogen-bond acceptors (Lipinski definition) is 1. The van der Waals surface area contributed by atoms with Gasteiger partial charge in [0.05, 0.1) is 4.87 Å². The van der Waals surface area contributed by atoms with Crippen molar-refractivity contribution >= 4 is 23.2 Å². The normalized spacial score (nSPS) is 39.6. The van der Waals surface area contributed by atoms with Crippen molar-refractivity contribution in [2.45, 2.75) is 17.9 Å².